The van der Waals surface area contributed by atoms with Crippen LogP contribution >= 0.6 is 0 Å². The smallest absolute Gasteiger partial charge is 0.338 e. The van der Waals surface area contributed by atoms with E-state index in [1.807, 2.05) is 0 Å². The molecule has 0 saturated carbocycles. The highest BCUT2D eigenvalue weighted by atomic mass is 19.1. The number of carboxylic acids is 1. The van der Waals surface area contributed by atoms with E-state index in [9.17, 15) is 9.18 Å². The minimum absolute atomic E-state index is 0.0475. The Bertz CT molecular complexity index is 338. The zero-order valence-corrected chi connectivity index (χ0v) is 7.24. The van der Waals surface area contributed by atoms with Crippen molar-refractivity contribution in [3.63, 3.8) is 0 Å². The fraction of sp³-hybridized carbons (Fsp3) is 0.222. The maximum atomic E-state index is 13.0. The third kappa shape index (κ3) is 2.43. The first-order valence-electron chi connectivity index (χ1n) is 3.91. The largest absolute Gasteiger partial charge is 0.491 e. The Hall–Kier alpha value is -1.62. The quantitative estimate of drug-likeness (QED) is 0.757. The number of aliphatic hydroxyl groups is 1. The maximum absolute atomic E-state index is 13.0. The number of rotatable bonds is 4. The fourth-order valence-electron chi connectivity index (χ4n) is 0.923. The van der Waals surface area contributed by atoms with Gasteiger partial charge in [-0.05, 0) is 12.1 Å². The van der Waals surface area contributed by atoms with Gasteiger partial charge in [0.15, 0.2) is 0 Å². The Balaban J connectivity index is 2.83. The van der Waals surface area contributed by atoms with Gasteiger partial charge in [-0.1, -0.05) is 0 Å². The summed E-state index contributed by atoms with van der Waals surface area (Å²) in [6, 6.07) is 3.42. The van der Waals surface area contributed by atoms with Crippen molar-refractivity contribution in [1.29, 1.82) is 0 Å². The molecule has 0 bridgehead atoms. The normalized spacial score (nSPS) is 9.86. The van der Waals surface area contributed by atoms with E-state index in [1.54, 1.807) is 0 Å². The molecule has 2 N–H and O–H groups in total. The first kappa shape index (κ1) is 10.5. The van der Waals surface area contributed by atoms with Crippen molar-refractivity contribution in [2.45, 2.75) is 0 Å². The number of hydrogen-bond acceptors (Lipinski definition) is 3. The molecule has 5 heteroatoms. The molecule has 0 radical (unpaired) electrons. The summed E-state index contributed by atoms with van der Waals surface area (Å²) in [5, 5.41) is 16.9. The molecule has 0 saturated heterocycles. The van der Waals surface area contributed by atoms with Crippen molar-refractivity contribution in [2.24, 2.45) is 0 Å². The monoisotopic (exact) mass is 200 g/mol. The Kier molecular flexibility index (Phi) is 3.41. The van der Waals surface area contributed by atoms with Crippen LogP contribution in [0.15, 0.2) is 18.2 Å². The second-order valence-electron chi connectivity index (χ2n) is 2.52. The van der Waals surface area contributed by atoms with Crippen molar-refractivity contribution >= 4 is 5.97 Å². The van der Waals surface area contributed by atoms with Crippen molar-refractivity contribution < 1.29 is 24.1 Å². The molecule has 14 heavy (non-hydrogen) atoms. The van der Waals surface area contributed by atoms with Crippen LogP contribution in [0.3, 0.4) is 0 Å². The van der Waals surface area contributed by atoms with Crippen molar-refractivity contribution in [3.8, 4) is 5.75 Å². The minimum Gasteiger partial charge on any atom is -0.491 e. The van der Waals surface area contributed by atoms with E-state index in [0.29, 0.717) is 0 Å². The number of carbonyl (C=O) groups is 1. The number of aromatic carboxylic acids is 1. The molecule has 0 unspecified atom stereocenters. The molecule has 0 fully saturated rings. The topological polar surface area (TPSA) is 66.8 Å². The summed E-state index contributed by atoms with van der Waals surface area (Å²) in [7, 11) is 0. The second kappa shape index (κ2) is 4.57. The molecule has 0 aliphatic carbocycles. The van der Waals surface area contributed by atoms with Crippen molar-refractivity contribution in [1.82, 2.24) is 0 Å². The molecule has 76 valence electrons. The van der Waals surface area contributed by atoms with Gasteiger partial charge in [-0.3, -0.25) is 0 Å². The van der Waals surface area contributed by atoms with Gasteiger partial charge in [0.2, 0.25) is 0 Å². The number of halogens is 1. The second-order valence-corrected chi connectivity index (χ2v) is 2.52. The first-order chi connectivity index (χ1) is 6.65. The molecule has 0 amide bonds. The minimum atomic E-state index is -1.32. The van der Waals surface area contributed by atoms with Crippen LogP contribution in [0.2, 0.25) is 0 Å². The van der Waals surface area contributed by atoms with Crippen LogP contribution in [0.5, 0.6) is 5.75 Å². The van der Waals surface area contributed by atoms with E-state index in [4.69, 9.17) is 14.9 Å². The van der Waals surface area contributed by atoms with E-state index in [2.05, 4.69) is 0 Å². The Morgan fingerprint density at radius 2 is 2.21 bits per heavy atom. The lowest BCUT2D eigenvalue weighted by Gasteiger charge is -2.04. The van der Waals surface area contributed by atoms with Crippen molar-refractivity contribution in [2.75, 3.05) is 13.2 Å². The maximum Gasteiger partial charge on any atom is 0.338 e. The summed E-state index contributed by atoms with van der Waals surface area (Å²) in [6.45, 7) is -0.131. The van der Waals surface area contributed by atoms with Gasteiger partial charge in [-0.25, -0.2) is 9.18 Å². The van der Waals surface area contributed by atoms with Gasteiger partial charge >= 0.3 is 5.97 Å². The zero-order valence-electron chi connectivity index (χ0n) is 7.24. The van der Waals surface area contributed by atoms with E-state index in [1.165, 1.54) is 6.07 Å². The van der Waals surface area contributed by atoms with E-state index >= 15 is 0 Å². The number of benzene rings is 1. The van der Waals surface area contributed by atoms with Crippen LogP contribution in [-0.2, 0) is 0 Å². The number of hydrogen-bond donors (Lipinski definition) is 2. The summed E-state index contributed by atoms with van der Waals surface area (Å²) in [5.41, 5.74) is -0.402. The molecule has 1 rings (SSSR count). The zero-order chi connectivity index (χ0) is 10.6. The summed E-state index contributed by atoms with van der Waals surface area (Å²) in [6.07, 6.45) is 0. The highest BCUT2D eigenvalue weighted by Crippen LogP contribution is 2.16. The third-order valence-corrected chi connectivity index (χ3v) is 1.53. The molecule has 0 aromatic heterocycles. The molecule has 0 heterocycles. The lowest BCUT2D eigenvalue weighted by molar-refractivity contribution is 0.0691. The number of carboxylic acid groups (broad SMARTS) is 1. The fourth-order valence-corrected chi connectivity index (χ4v) is 0.923. The van der Waals surface area contributed by atoms with Crippen LogP contribution in [0, 0.1) is 5.82 Å². The molecule has 0 spiro atoms. The van der Waals surface area contributed by atoms with E-state index < -0.39 is 17.3 Å². The summed E-state index contributed by atoms with van der Waals surface area (Å²) in [5.74, 6) is -1.98. The molecule has 4 nitrogen and oxygen atoms in total. The van der Waals surface area contributed by atoms with Gasteiger partial charge in [0.1, 0.15) is 18.2 Å². The van der Waals surface area contributed by atoms with Gasteiger partial charge in [0, 0.05) is 6.07 Å². The molecule has 0 aliphatic rings. The Labute approximate surface area is 79.6 Å². The number of ether oxygens (including phenoxy) is 1. The predicted octanol–water partition coefficient (Wildman–Crippen LogP) is 0.895. The van der Waals surface area contributed by atoms with Gasteiger partial charge < -0.3 is 14.9 Å². The van der Waals surface area contributed by atoms with Gasteiger partial charge in [0.25, 0.3) is 0 Å². The van der Waals surface area contributed by atoms with Crippen LogP contribution in [0.4, 0.5) is 4.39 Å². The predicted molar refractivity (Wildman–Crippen MR) is 45.9 cm³/mol. The molecule has 0 aliphatic heterocycles. The number of aliphatic hydroxyl groups excluding tert-OH is 1. The standard InChI is InChI=1S/C9H9FO4/c10-8-5-6(14-4-3-11)1-2-7(8)9(12)13/h1-2,5,11H,3-4H2,(H,12,13). The average Bonchev–Trinajstić information content (AvgIpc) is 2.14. The first-order valence-corrected chi connectivity index (χ1v) is 3.91. The highest BCUT2D eigenvalue weighted by molar-refractivity contribution is 5.88. The van der Waals surface area contributed by atoms with Crippen LogP contribution in [0.25, 0.3) is 0 Å². The molecular weight excluding hydrogens is 191 g/mol. The molecule has 1 aromatic rings. The summed E-state index contributed by atoms with van der Waals surface area (Å²) in [4.78, 5) is 10.4. The molecular formula is C9H9FO4. The molecule has 1 aromatic carbocycles. The summed E-state index contributed by atoms with van der Waals surface area (Å²) < 4.78 is 17.9. The van der Waals surface area contributed by atoms with E-state index in [0.717, 1.165) is 12.1 Å². The van der Waals surface area contributed by atoms with Gasteiger partial charge in [-0.2, -0.15) is 0 Å². The van der Waals surface area contributed by atoms with E-state index in [-0.39, 0.29) is 19.0 Å². The average molecular weight is 200 g/mol. The third-order valence-electron chi connectivity index (χ3n) is 1.53. The van der Waals surface area contributed by atoms with Crippen molar-refractivity contribution in [3.05, 3.63) is 29.6 Å². The summed E-state index contributed by atoms with van der Waals surface area (Å²) >= 11 is 0. The highest BCUT2D eigenvalue weighted by Gasteiger charge is 2.10. The molecule has 0 atom stereocenters. The van der Waals surface area contributed by atoms with Crippen LogP contribution in [-0.4, -0.2) is 29.4 Å². The van der Waals surface area contributed by atoms with Gasteiger partial charge in [0.05, 0.1) is 12.2 Å². The Morgan fingerprint density at radius 3 is 2.71 bits per heavy atom. The Morgan fingerprint density at radius 1 is 1.50 bits per heavy atom. The van der Waals surface area contributed by atoms with Crippen LogP contribution < -0.4 is 4.74 Å². The lowest BCUT2D eigenvalue weighted by atomic mass is 10.2. The van der Waals surface area contributed by atoms with Crippen LogP contribution in [0.1, 0.15) is 10.4 Å². The van der Waals surface area contributed by atoms with Gasteiger partial charge in [-0.15, -0.1) is 0 Å². The lowest BCUT2D eigenvalue weighted by Crippen LogP contribution is -2.04. The SMILES string of the molecule is O=C(O)c1ccc(OCCO)cc1F.